The van der Waals surface area contributed by atoms with E-state index in [0.717, 1.165) is 27.7 Å². The van der Waals surface area contributed by atoms with E-state index >= 15 is 0 Å². The highest BCUT2D eigenvalue weighted by Gasteiger charge is 2.17. The molecule has 0 aliphatic carbocycles. The van der Waals surface area contributed by atoms with E-state index in [0.29, 0.717) is 22.8 Å². The molecule has 8 nitrogen and oxygen atoms in total. The molecule has 0 bridgehead atoms. The molecule has 176 valence electrons. The summed E-state index contributed by atoms with van der Waals surface area (Å²) in [6.45, 7) is 1.82. The molecule has 0 aliphatic rings. The van der Waals surface area contributed by atoms with Crippen LogP contribution in [0.5, 0.6) is 0 Å². The molecule has 1 amide bonds. The van der Waals surface area contributed by atoms with Crippen LogP contribution in [0.3, 0.4) is 0 Å². The van der Waals surface area contributed by atoms with Gasteiger partial charge < -0.3 is 11.1 Å². The lowest BCUT2D eigenvalue weighted by Crippen LogP contribution is -2.13. The van der Waals surface area contributed by atoms with Gasteiger partial charge in [-0.2, -0.15) is 0 Å². The molecule has 5 aromatic rings. The molecule has 0 fully saturated rings. The number of carbonyl (C=O) groups excluding carboxylic acids is 1. The van der Waals surface area contributed by atoms with Gasteiger partial charge in [0.15, 0.2) is 0 Å². The third-order valence-corrected chi connectivity index (χ3v) is 5.91. The van der Waals surface area contributed by atoms with Gasteiger partial charge in [0.25, 0.3) is 5.69 Å². The van der Waals surface area contributed by atoms with Crippen molar-refractivity contribution in [2.45, 2.75) is 6.92 Å². The van der Waals surface area contributed by atoms with Crippen molar-refractivity contribution in [1.29, 1.82) is 0 Å². The van der Waals surface area contributed by atoms with E-state index < -0.39 is 10.8 Å². The van der Waals surface area contributed by atoms with E-state index in [1.807, 2.05) is 61.5 Å². The van der Waals surface area contributed by atoms with Gasteiger partial charge in [-0.3, -0.25) is 14.9 Å². The quantitative estimate of drug-likeness (QED) is 0.228. The molecule has 0 aliphatic heterocycles. The number of nitrogens with one attached hydrogen (secondary N) is 1. The smallest absolute Gasteiger partial charge is 0.270 e. The number of para-hydroxylation sites is 1. The van der Waals surface area contributed by atoms with E-state index in [1.54, 1.807) is 24.3 Å². The first kappa shape index (κ1) is 22.7. The highest BCUT2D eigenvalue weighted by atomic mass is 16.6. The van der Waals surface area contributed by atoms with E-state index in [-0.39, 0.29) is 11.3 Å². The Morgan fingerprint density at radius 2 is 1.64 bits per heavy atom. The summed E-state index contributed by atoms with van der Waals surface area (Å²) >= 11 is 0. The third kappa shape index (κ3) is 4.35. The number of rotatable bonds is 6. The fourth-order valence-corrected chi connectivity index (χ4v) is 4.15. The van der Waals surface area contributed by atoms with Gasteiger partial charge in [0.2, 0.25) is 11.9 Å². The van der Waals surface area contributed by atoms with Gasteiger partial charge in [-0.25, -0.2) is 9.97 Å². The molecular formula is C28H21N5O3. The predicted molar refractivity (Wildman–Crippen MR) is 140 cm³/mol. The first-order valence-corrected chi connectivity index (χ1v) is 11.2. The maximum Gasteiger partial charge on any atom is 0.270 e. The Balaban J connectivity index is 1.62. The summed E-state index contributed by atoms with van der Waals surface area (Å²) in [6, 6.07) is 27.1. The number of amides is 1. The van der Waals surface area contributed by atoms with Gasteiger partial charge in [0.1, 0.15) is 0 Å². The van der Waals surface area contributed by atoms with Crippen LogP contribution in [-0.4, -0.2) is 20.8 Å². The number of nitro benzene ring substituents is 1. The van der Waals surface area contributed by atoms with Crippen LogP contribution in [0, 0.1) is 17.0 Å². The number of benzene rings is 4. The van der Waals surface area contributed by atoms with E-state index in [2.05, 4.69) is 10.3 Å². The predicted octanol–water partition coefficient (Wildman–Crippen LogP) is 6.02. The number of hydrogen-bond donors (Lipinski definition) is 2. The van der Waals surface area contributed by atoms with Crippen molar-refractivity contribution >= 4 is 34.1 Å². The van der Waals surface area contributed by atoms with Crippen molar-refractivity contribution in [3.8, 4) is 22.4 Å². The number of aryl methyl sites for hydroxylation is 1. The number of fused-ring (bicyclic) bond motifs is 1. The van der Waals surface area contributed by atoms with Crippen LogP contribution in [0.2, 0.25) is 0 Å². The maximum absolute atomic E-state index is 12.2. The number of nitro groups is 1. The van der Waals surface area contributed by atoms with Crippen molar-refractivity contribution in [2.24, 2.45) is 5.73 Å². The monoisotopic (exact) mass is 475 g/mol. The van der Waals surface area contributed by atoms with Gasteiger partial charge in [-0.15, -0.1) is 0 Å². The average Bonchev–Trinajstić information content (AvgIpc) is 2.88. The SMILES string of the molecule is Cc1ccc([N+](=O)[O-])cc1-c1cc(Nc2nc(-c3ccccc3)c3ccccc3n2)ccc1C(N)=O. The number of nitrogens with two attached hydrogens (primary N) is 1. The largest absolute Gasteiger partial charge is 0.366 e. The second-order valence-electron chi connectivity index (χ2n) is 8.28. The second-order valence-corrected chi connectivity index (χ2v) is 8.28. The van der Waals surface area contributed by atoms with E-state index in [1.165, 1.54) is 12.1 Å². The Morgan fingerprint density at radius 1 is 0.889 bits per heavy atom. The Hall–Kier alpha value is -5.11. The molecule has 0 spiro atoms. The molecular weight excluding hydrogens is 454 g/mol. The fraction of sp³-hybridized carbons (Fsp3) is 0.0357. The number of hydrogen-bond acceptors (Lipinski definition) is 6. The lowest BCUT2D eigenvalue weighted by atomic mass is 9.94. The molecule has 4 aromatic carbocycles. The van der Waals surface area contributed by atoms with Crippen LogP contribution in [0.4, 0.5) is 17.3 Å². The summed E-state index contributed by atoms with van der Waals surface area (Å²) in [6.07, 6.45) is 0. The van der Waals surface area contributed by atoms with Crippen molar-refractivity contribution in [1.82, 2.24) is 9.97 Å². The number of non-ortho nitro benzene ring substituents is 1. The standard InChI is InChI=1S/C28H21N5O3/c1-17-11-13-20(33(35)36)16-23(17)24-15-19(12-14-21(24)27(29)34)30-28-31-25-10-6-5-9-22(25)26(32-28)18-7-3-2-4-8-18/h2-16H,1H3,(H2,29,34)(H,30,31,32). The Labute approximate surface area is 206 Å². The van der Waals surface area contributed by atoms with Crippen molar-refractivity contribution in [3.63, 3.8) is 0 Å². The van der Waals surface area contributed by atoms with Crippen LogP contribution >= 0.6 is 0 Å². The minimum atomic E-state index is -0.629. The molecule has 0 saturated carbocycles. The summed E-state index contributed by atoms with van der Waals surface area (Å²) in [5.74, 6) is -0.253. The molecule has 0 saturated heterocycles. The first-order chi connectivity index (χ1) is 17.4. The molecule has 1 heterocycles. The number of aromatic nitrogens is 2. The number of nitrogens with zero attached hydrogens (tertiary/aromatic N) is 3. The highest BCUT2D eigenvalue weighted by Crippen LogP contribution is 2.34. The van der Waals surface area contributed by atoms with Gasteiger partial charge in [-0.05, 0) is 47.9 Å². The number of carbonyl (C=O) groups is 1. The van der Waals surface area contributed by atoms with Gasteiger partial charge in [0.05, 0.1) is 16.1 Å². The summed E-state index contributed by atoms with van der Waals surface area (Å²) in [4.78, 5) is 32.5. The molecule has 0 unspecified atom stereocenters. The van der Waals surface area contributed by atoms with E-state index in [9.17, 15) is 14.9 Å². The van der Waals surface area contributed by atoms with Crippen LogP contribution < -0.4 is 11.1 Å². The zero-order valence-electron chi connectivity index (χ0n) is 19.3. The van der Waals surface area contributed by atoms with Crippen LogP contribution in [0.1, 0.15) is 15.9 Å². The minimum absolute atomic E-state index is 0.0743. The molecule has 0 atom stereocenters. The van der Waals surface area contributed by atoms with E-state index in [4.69, 9.17) is 10.7 Å². The third-order valence-electron chi connectivity index (χ3n) is 5.91. The topological polar surface area (TPSA) is 124 Å². The zero-order chi connectivity index (χ0) is 25.2. The fourth-order valence-electron chi connectivity index (χ4n) is 4.15. The molecule has 1 aromatic heterocycles. The van der Waals surface area contributed by atoms with Crippen LogP contribution in [0.15, 0.2) is 91.0 Å². The number of primary amides is 1. The zero-order valence-corrected chi connectivity index (χ0v) is 19.3. The second kappa shape index (κ2) is 9.27. The Morgan fingerprint density at radius 3 is 2.39 bits per heavy atom. The minimum Gasteiger partial charge on any atom is -0.366 e. The number of anilines is 2. The van der Waals surface area contributed by atoms with Crippen LogP contribution in [-0.2, 0) is 0 Å². The first-order valence-electron chi connectivity index (χ1n) is 11.2. The summed E-state index contributed by atoms with van der Waals surface area (Å²) < 4.78 is 0. The summed E-state index contributed by atoms with van der Waals surface area (Å²) in [5, 5.41) is 15.5. The summed E-state index contributed by atoms with van der Waals surface area (Å²) in [5.41, 5.74) is 10.7. The Bertz CT molecular complexity index is 1630. The molecule has 36 heavy (non-hydrogen) atoms. The molecule has 3 N–H and O–H groups in total. The molecule has 0 radical (unpaired) electrons. The highest BCUT2D eigenvalue weighted by molar-refractivity contribution is 6.01. The molecule has 8 heteroatoms. The summed E-state index contributed by atoms with van der Waals surface area (Å²) in [7, 11) is 0. The maximum atomic E-state index is 12.2. The lowest BCUT2D eigenvalue weighted by molar-refractivity contribution is -0.384. The van der Waals surface area contributed by atoms with Crippen LogP contribution in [0.25, 0.3) is 33.3 Å². The normalized spacial score (nSPS) is 10.8. The van der Waals surface area contributed by atoms with Crippen molar-refractivity contribution < 1.29 is 9.72 Å². The van der Waals surface area contributed by atoms with Crippen molar-refractivity contribution in [2.75, 3.05) is 5.32 Å². The average molecular weight is 476 g/mol. The van der Waals surface area contributed by atoms with Gasteiger partial charge in [-0.1, -0.05) is 54.6 Å². The molecule has 5 rings (SSSR count). The lowest BCUT2D eigenvalue weighted by Gasteiger charge is -2.14. The van der Waals surface area contributed by atoms with Gasteiger partial charge >= 0.3 is 0 Å². The van der Waals surface area contributed by atoms with Gasteiger partial charge in [0, 0.05) is 34.3 Å². The van der Waals surface area contributed by atoms with Crippen molar-refractivity contribution in [3.05, 3.63) is 112 Å². The Kier molecular flexibility index (Phi) is 5.83.